The van der Waals surface area contributed by atoms with Gasteiger partial charge in [-0.2, -0.15) is 0 Å². The van der Waals surface area contributed by atoms with E-state index in [1.54, 1.807) is 12.1 Å². The van der Waals surface area contributed by atoms with E-state index in [1.807, 2.05) is 60.7 Å². The van der Waals surface area contributed by atoms with Crippen molar-refractivity contribution in [3.8, 4) is 0 Å². The van der Waals surface area contributed by atoms with Crippen LogP contribution in [0.5, 0.6) is 0 Å². The molecule has 3 aromatic rings. The highest BCUT2D eigenvalue weighted by Gasteiger charge is 2.14. The number of benzene rings is 3. The van der Waals surface area contributed by atoms with Crippen molar-refractivity contribution in [3.05, 3.63) is 95.6 Å². The molecule has 1 atom stereocenters. The van der Waals surface area contributed by atoms with Gasteiger partial charge in [0.1, 0.15) is 6.61 Å². The Bertz CT molecular complexity index is 949. The average Bonchev–Trinajstić information content (AvgIpc) is 2.72. The second kappa shape index (κ2) is 9.68. The molecule has 7 heteroatoms. The van der Waals surface area contributed by atoms with Crippen LogP contribution in [-0.4, -0.2) is 14.7 Å². The Morgan fingerprint density at radius 2 is 1.57 bits per heavy atom. The van der Waals surface area contributed by atoms with E-state index in [0.717, 1.165) is 11.1 Å². The number of esters is 1. The highest BCUT2D eigenvalue weighted by molar-refractivity contribution is 7.80. The Kier molecular flexibility index (Phi) is 6.78. The quantitative estimate of drug-likeness (QED) is 0.446. The molecule has 2 N–H and O–H groups in total. The van der Waals surface area contributed by atoms with Crippen LogP contribution in [0.15, 0.2) is 78.9 Å². The molecule has 0 amide bonds. The number of anilines is 2. The molecule has 0 heterocycles. The smallest absolute Gasteiger partial charge is 0.340 e. The van der Waals surface area contributed by atoms with Gasteiger partial charge in [-0.05, 0) is 29.3 Å². The molecule has 0 spiro atoms. The molecule has 1 unspecified atom stereocenters. The summed E-state index contributed by atoms with van der Waals surface area (Å²) in [6.45, 7) is 0.642. The molecule has 0 aliphatic rings. The van der Waals surface area contributed by atoms with E-state index in [4.69, 9.17) is 4.74 Å². The van der Waals surface area contributed by atoms with Crippen molar-refractivity contribution < 1.29 is 18.3 Å². The van der Waals surface area contributed by atoms with Crippen LogP contribution in [0.3, 0.4) is 0 Å². The Hall–Kier alpha value is -3.16. The van der Waals surface area contributed by atoms with Crippen LogP contribution in [0, 0.1) is 0 Å². The van der Waals surface area contributed by atoms with E-state index in [-0.39, 0.29) is 17.9 Å². The summed E-state index contributed by atoms with van der Waals surface area (Å²) in [6, 6.07) is 23.8. The number of rotatable bonds is 8. The number of ether oxygens (including phenoxy) is 1. The molecule has 0 fully saturated rings. The van der Waals surface area contributed by atoms with E-state index in [9.17, 15) is 13.6 Å². The molecule has 0 bridgehead atoms. The second-order valence-electron chi connectivity index (χ2n) is 6.00. The predicted molar refractivity (Wildman–Crippen MR) is 108 cm³/mol. The van der Waals surface area contributed by atoms with Crippen LogP contribution in [0.1, 0.15) is 21.5 Å². The van der Waals surface area contributed by atoms with Crippen molar-refractivity contribution >= 4 is 28.6 Å². The lowest BCUT2D eigenvalue weighted by molar-refractivity contribution is 0.0474. The maximum absolute atomic E-state index is 12.6. The minimum absolute atomic E-state index is 0.128. The number of hydrogen-bond acceptors (Lipinski definition) is 5. The fourth-order valence-corrected chi connectivity index (χ4v) is 2.94. The molecule has 0 aromatic heterocycles. The molecule has 0 saturated heterocycles. The monoisotopic (exact) mass is 395 g/mol. The molecule has 28 heavy (non-hydrogen) atoms. The van der Waals surface area contributed by atoms with E-state index >= 15 is 0 Å². The third-order valence-electron chi connectivity index (χ3n) is 3.98. The summed E-state index contributed by atoms with van der Waals surface area (Å²) in [4.78, 5) is 12.6. The van der Waals surface area contributed by atoms with E-state index < -0.39 is 17.2 Å². The minimum atomic E-state index is -2.48. The summed E-state index contributed by atoms with van der Waals surface area (Å²) in [5, 5.41) is 3.21. The number of hydrogen-bond donors (Lipinski definition) is 2. The molecular weight excluding hydrogens is 376 g/mol. The van der Waals surface area contributed by atoms with Gasteiger partial charge in [0.25, 0.3) is 0 Å². The number of carbonyl (C=O) groups is 1. The first kappa shape index (κ1) is 19.6. The largest absolute Gasteiger partial charge is 0.755 e. The standard InChI is InChI=1S/C21H20N2O4S/c24-21(27-15-17-9-5-2-6-10-17)19-13-18(23-28(25)26)11-12-20(19)22-14-16-7-3-1-4-8-16/h1-13,22-23H,14-15H2,(H,25,26)/p-1. The maximum atomic E-state index is 12.6. The van der Waals surface area contributed by atoms with Gasteiger partial charge in [0.15, 0.2) is 0 Å². The molecule has 3 aromatic carbocycles. The van der Waals surface area contributed by atoms with Gasteiger partial charge in [-0.25, -0.2) is 4.79 Å². The molecule has 0 radical (unpaired) electrons. The molecule has 6 nitrogen and oxygen atoms in total. The zero-order valence-corrected chi connectivity index (χ0v) is 15.8. The highest BCUT2D eigenvalue weighted by Crippen LogP contribution is 2.23. The SMILES string of the molecule is O=C(OCc1ccccc1)c1cc(NS(=O)[O-])ccc1NCc1ccccc1. The lowest BCUT2D eigenvalue weighted by Crippen LogP contribution is -2.11. The van der Waals surface area contributed by atoms with E-state index in [1.165, 1.54) is 6.07 Å². The lowest BCUT2D eigenvalue weighted by Gasteiger charge is -2.15. The van der Waals surface area contributed by atoms with Crippen molar-refractivity contribution in [2.75, 3.05) is 10.0 Å². The first-order valence-corrected chi connectivity index (χ1v) is 9.68. The van der Waals surface area contributed by atoms with Crippen molar-refractivity contribution in [3.63, 3.8) is 0 Å². The summed E-state index contributed by atoms with van der Waals surface area (Å²) in [5.74, 6) is -0.542. The highest BCUT2D eigenvalue weighted by atomic mass is 32.2. The summed E-state index contributed by atoms with van der Waals surface area (Å²) >= 11 is -2.48. The van der Waals surface area contributed by atoms with Crippen molar-refractivity contribution in [2.24, 2.45) is 0 Å². The zero-order chi connectivity index (χ0) is 19.8. The number of nitrogens with one attached hydrogen (secondary N) is 2. The fourth-order valence-electron chi connectivity index (χ4n) is 2.62. The predicted octanol–water partition coefficient (Wildman–Crippen LogP) is 3.86. The second-order valence-corrected chi connectivity index (χ2v) is 6.67. The summed E-state index contributed by atoms with van der Waals surface area (Å²) in [6.07, 6.45) is 0. The minimum Gasteiger partial charge on any atom is -0.755 e. The van der Waals surface area contributed by atoms with Crippen LogP contribution in [0.25, 0.3) is 0 Å². The zero-order valence-electron chi connectivity index (χ0n) is 15.0. The van der Waals surface area contributed by atoms with Crippen LogP contribution in [0.4, 0.5) is 11.4 Å². The molecule has 0 aliphatic heterocycles. The first-order valence-electron chi connectivity index (χ1n) is 8.60. The average molecular weight is 395 g/mol. The van der Waals surface area contributed by atoms with Crippen molar-refractivity contribution in [2.45, 2.75) is 13.2 Å². The Morgan fingerprint density at radius 3 is 2.21 bits per heavy atom. The molecule has 144 valence electrons. The Balaban J connectivity index is 1.77. The van der Waals surface area contributed by atoms with Gasteiger partial charge in [-0.3, -0.25) is 4.21 Å². The van der Waals surface area contributed by atoms with Gasteiger partial charge in [-0.1, -0.05) is 60.7 Å². The molecule has 0 saturated carbocycles. The van der Waals surface area contributed by atoms with Crippen LogP contribution < -0.4 is 10.0 Å². The molecule has 3 rings (SSSR count). The van der Waals surface area contributed by atoms with Crippen LogP contribution >= 0.6 is 0 Å². The van der Waals surface area contributed by atoms with Gasteiger partial charge < -0.3 is 19.3 Å². The van der Waals surface area contributed by atoms with Gasteiger partial charge in [0.05, 0.1) is 5.56 Å². The molecule has 0 aliphatic carbocycles. The van der Waals surface area contributed by atoms with Crippen LogP contribution in [-0.2, 0) is 29.2 Å². The van der Waals surface area contributed by atoms with Crippen molar-refractivity contribution in [1.82, 2.24) is 0 Å². The third kappa shape index (κ3) is 5.67. The van der Waals surface area contributed by atoms with Gasteiger partial charge in [0.2, 0.25) is 0 Å². The summed E-state index contributed by atoms with van der Waals surface area (Å²) < 4.78 is 29.5. The Labute approximate surface area is 166 Å². The summed E-state index contributed by atoms with van der Waals surface area (Å²) in [7, 11) is 0. The fraction of sp³-hybridized carbons (Fsp3) is 0.0952. The molecular formula is C21H19N2O4S-. The van der Waals surface area contributed by atoms with Crippen molar-refractivity contribution in [1.29, 1.82) is 0 Å². The van der Waals surface area contributed by atoms with Gasteiger partial charge >= 0.3 is 5.97 Å². The first-order chi connectivity index (χ1) is 13.6. The van der Waals surface area contributed by atoms with E-state index in [2.05, 4.69) is 10.0 Å². The normalized spacial score (nSPS) is 11.5. The maximum Gasteiger partial charge on any atom is 0.340 e. The van der Waals surface area contributed by atoms with Crippen LogP contribution in [0.2, 0.25) is 0 Å². The topological polar surface area (TPSA) is 90.5 Å². The number of carbonyl (C=O) groups excluding carboxylic acids is 1. The van der Waals surface area contributed by atoms with Gasteiger partial charge in [-0.15, -0.1) is 0 Å². The lowest BCUT2D eigenvalue weighted by atomic mass is 10.1. The Morgan fingerprint density at radius 1 is 0.929 bits per heavy atom. The van der Waals surface area contributed by atoms with Gasteiger partial charge in [0, 0.05) is 29.2 Å². The third-order valence-corrected chi connectivity index (χ3v) is 4.38. The van der Waals surface area contributed by atoms with E-state index in [0.29, 0.717) is 12.2 Å². The summed E-state index contributed by atoms with van der Waals surface area (Å²) in [5.41, 5.74) is 3.01.